The Labute approximate surface area is 136 Å². The molecule has 0 saturated heterocycles. The third-order valence-electron chi connectivity index (χ3n) is 4.33. The number of nitrogens with zero attached hydrogens (tertiary/aromatic N) is 1. The normalized spacial score (nSPS) is 21.2. The fraction of sp³-hybridized carbons (Fsp3) is 0.550. The van der Waals surface area contributed by atoms with Crippen LogP contribution in [-0.4, -0.2) is 19.3 Å². The van der Waals surface area contributed by atoms with Crippen molar-refractivity contribution in [1.82, 2.24) is 5.32 Å². The predicted molar refractivity (Wildman–Crippen MR) is 99.4 cm³/mol. The molecule has 22 heavy (non-hydrogen) atoms. The summed E-state index contributed by atoms with van der Waals surface area (Å²) in [7, 11) is 1.90. The monoisotopic (exact) mass is 300 g/mol. The molecule has 0 radical (unpaired) electrons. The quantitative estimate of drug-likeness (QED) is 0.389. The van der Waals surface area contributed by atoms with Crippen LogP contribution in [-0.2, 0) is 0 Å². The van der Waals surface area contributed by atoms with Crippen LogP contribution < -0.4 is 5.32 Å². The lowest BCUT2D eigenvalue weighted by Gasteiger charge is -2.17. The molecule has 1 aliphatic rings. The topological polar surface area (TPSA) is 24.4 Å². The highest BCUT2D eigenvalue weighted by molar-refractivity contribution is 6.04. The Morgan fingerprint density at radius 3 is 2.73 bits per heavy atom. The molecule has 2 heteroatoms. The van der Waals surface area contributed by atoms with Crippen LogP contribution in [0, 0.1) is 5.92 Å². The maximum Gasteiger partial charge on any atom is 0.0474 e. The van der Waals surface area contributed by atoms with Gasteiger partial charge in [0.1, 0.15) is 0 Å². The Kier molecular flexibility index (Phi) is 8.57. The Balaban J connectivity index is 2.84. The number of nitrogens with one attached hydrogen (secondary N) is 1. The summed E-state index contributed by atoms with van der Waals surface area (Å²) < 4.78 is 0. The van der Waals surface area contributed by atoms with Crippen LogP contribution in [0.1, 0.15) is 52.9 Å². The molecule has 0 aromatic carbocycles. The van der Waals surface area contributed by atoms with E-state index in [0.717, 1.165) is 24.6 Å². The van der Waals surface area contributed by atoms with Gasteiger partial charge in [-0.15, -0.1) is 6.58 Å². The first-order chi connectivity index (χ1) is 10.7. The zero-order valence-corrected chi connectivity index (χ0v) is 14.8. The van der Waals surface area contributed by atoms with Gasteiger partial charge >= 0.3 is 0 Å². The summed E-state index contributed by atoms with van der Waals surface area (Å²) in [5.41, 5.74) is 5.08. The Bertz CT molecular complexity index is 478. The van der Waals surface area contributed by atoms with E-state index in [0.29, 0.717) is 0 Å². The lowest BCUT2D eigenvalue weighted by atomic mass is 9.95. The van der Waals surface area contributed by atoms with Gasteiger partial charge in [0.25, 0.3) is 0 Å². The molecule has 0 aromatic heterocycles. The van der Waals surface area contributed by atoms with Gasteiger partial charge in [-0.1, -0.05) is 36.8 Å². The third-order valence-corrected chi connectivity index (χ3v) is 4.33. The maximum atomic E-state index is 4.58. The number of allylic oxidation sites excluding steroid dienone is 5. The van der Waals surface area contributed by atoms with Crippen molar-refractivity contribution in [2.24, 2.45) is 10.9 Å². The zero-order valence-electron chi connectivity index (χ0n) is 14.8. The molecule has 0 fully saturated rings. The first-order valence-corrected chi connectivity index (χ1v) is 8.47. The highest BCUT2D eigenvalue weighted by atomic mass is 14.9. The molecular weight excluding hydrogens is 268 g/mol. The number of rotatable bonds is 7. The molecule has 0 saturated carbocycles. The highest BCUT2D eigenvalue weighted by Gasteiger charge is 2.15. The lowest BCUT2D eigenvalue weighted by molar-refractivity contribution is 0.509. The van der Waals surface area contributed by atoms with Crippen molar-refractivity contribution >= 4 is 5.71 Å². The molecule has 122 valence electrons. The van der Waals surface area contributed by atoms with Crippen LogP contribution >= 0.6 is 0 Å². The molecular formula is C20H32N2. The molecule has 1 rings (SSSR count). The molecule has 0 aliphatic heterocycles. The maximum absolute atomic E-state index is 4.58. The average molecular weight is 300 g/mol. The highest BCUT2D eigenvalue weighted by Crippen LogP contribution is 2.26. The van der Waals surface area contributed by atoms with Crippen LogP contribution in [0.15, 0.2) is 52.7 Å². The molecule has 0 spiro atoms. The van der Waals surface area contributed by atoms with Crippen molar-refractivity contribution in [3.63, 3.8) is 0 Å². The summed E-state index contributed by atoms with van der Waals surface area (Å²) in [6, 6.07) is 0. The summed E-state index contributed by atoms with van der Waals surface area (Å²) in [6.45, 7) is 11.1. The summed E-state index contributed by atoms with van der Waals surface area (Å²) in [5.74, 6) is 0.845. The molecule has 2 nitrogen and oxygen atoms in total. The molecule has 1 unspecified atom stereocenters. The van der Waals surface area contributed by atoms with Crippen molar-refractivity contribution in [1.29, 1.82) is 0 Å². The van der Waals surface area contributed by atoms with E-state index in [1.807, 2.05) is 13.1 Å². The average Bonchev–Trinajstić information content (AvgIpc) is 2.74. The second-order valence-electron chi connectivity index (χ2n) is 6.00. The van der Waals surface area contributed by atoms with Crippen molar-refractivity contribution in [3.8, 4) is 0 Å². The molecule has 0 amide bonds. The molecule has 1 aliphatic carbocycles. The number of hydrogen-bond acceptors (Lipinski definition) is 2. The van der Waals surface area contributed by atoms with Gasteiger partial charge in [-0.2, -0.15) is 0 Å². The van der Waals surface area contributed by atoms with Crippen molar-refractivity contribution in [2.45, 2.75) is 52.9 Å². The second-order valence-corrected chi connectivity index (χ2v) is 6.00. The Morgan fingerprint density at radius 1 is 1.36 bits per heavy atom. The second kappa shape index (κ2) is 10.2. The van der Waals surface area contributed by atoms with Crippen LogP contribution in [0.2, 0.25) is 0 Å². The Hall–Kier alpha value is -1.57. The SMILES string of the molecule is C=CCNC(=C\C)/C(=C/C)C(/CC1=CCCC(C)CC1)=N\C. The summed E-state index contributed by atoms with van der Waals surface area (Å²) in [5, 5.41) is 3.42. The van der Waals surface area contributed by atoms with E-state index in [-0.39, 0.29) is 0 Å². The van der Waals surface area contributed by atoms with Crippen LogP contribution in [0.3, 0.4) is 0 Å². The summed E-state index contributed by atoms with van der Waals surface area (Å²) in [6.07, 6.45) is 14.6. The summed E-state index contributed by atoms with van der Waals surface area (Å²) in [4.78, 5) is 4.58. The van der Waals surface area contributed by atoms with E-state index in [1.54, 1.807) is 5.57 Å². The van der Waals surface area contributed by atoms with E-state index in [4.69, 9.17) is 0 Å². The minimum Gasteiger partial charge on any atom is -0.381 e. The van der Waals surface area contributed by atoms with Crippen molar-refractivity contribution in [3.05, 3.63) is 47.7 Å². The first-order valence-electron chi connectivity index (χ1n) is 8.47. The molecule has 0 bridgehead atoms. The molecule has 0 aromatic rings. The first kappa shape index (κ1) is 18.5. The van der Waals surface area contributed by atoms with E-state index in [1.165, 1.54) is 37.0 Å². The Morgan fingerprint density at radius 2 is 2.14 bits per heavy atom. The predicted octanol–water partition coefficient (Wildman–Crippen LogP) is 5.21. The van der Waals surface area contributed by atoms with Gasteiger partial charge in [0, 0.05) is 37.0 Å². The van der Waals surface area contributed by atoms with E-state index < -0.39 is 0 Å². The standard InChI is InChI=1S/C20H32N2/c1-6-14-22-19(8-3)18(7-2)20(21-5)15-17-11-9-10-16(4)12-13-17/h6-8,11,16,22H,1,9-10,12-15H2,2-5H3/b18-7-,19-8-,21-20-. The van der Waals surface area contributed by atoms with Crippen molar-refractivity contribution in [2.75, 3.05) is 13.6 Å². The van der Waals surface area contributed by atoms with Crippen molar-refractivity contribution < 1.29 is 0 Å². The van der Waals surface area contributed by atoms with E-state index >= 15 is 0 Å². The van der Waals surface area contributed by atoms with Crippen LogP contribution in [0.5, 0.6) is 0 Å². The molecule has 0 heterocycles. The smallest absolute Gasteiger partial charge is 0.0474 e. The fourth-order valence-corrected chi connectivity index (χ4v) is 2.93. The van der Waals surface area contributed by atoms with E-state index in [9.17, 15) is 0 Å². The number of hydrogen-bond donors (Lipinski definition) is 1. The lowest BCUT2D eigenvalue weighted by Crippen LogP contribution is -2.19. The molecule has 1 atom stereocenters. The third kappa shape index (κ3) is 5.67. The minimum atomic E-state index is 0.772. The van der Waals surface area contributed by atoms with Crippen LogP contribution in [0.4, 0.5) is 0 Å². The van der Waals surface area contributed by atoms with Gasteiger partial charge in [0.2, 0.25) is 0 Å². The molecule has 1 N–H and O–H groups in total. The zero-order chi connectivity index (χ0) is 16.4. The van der Waals surface area contributed by atoms with Gasteiger partial charge in [-0.25, -0.2) is 0 Å². The fourth-order valence-electron chi connectivity index (χ4n) is 2.93. The van der Waals surface area contributed by atoms with Gasteiger partial charge in [0.15, 0.2) is 0 Å². The van der Waals surface area contributed by atoms with Gasteiger partial charge in [-0.3, -0.25) is 4.99 Å². The van der Waals surface area contributed by atoms with Gasteiger partial charge in [-0.05, 0) is 45.4 Å². The summed E-state index contributed by atoms with van der Waals surface area (Å²) >= 11 is 0. The van der Waals surface area contributed by atoms with Gasteiger partial charge in [0.05, 0.1) is 0 Å². The minimum absolute atomic E-state index is 0.772. The van der Waals surface area contributed by atoms with Crippen LogP contribution in [0.25, 0.3) is 0 Å². The largest absolute Gasteiger partial charge is 0.381 e. The number of aliphatic imine (C=N–C) groups is 1. The van der Waals surface area contributed by atoms with Gasteiger partial charge < -0.3 is 5.32 Å². The van der Waals surface area contributed by atoms with E-state index in [2.05, 4.69) is 55.9 Å².